The second-order valence-corrected chi connectivity index (χ2v) is 6.02. The van der Waals surface area contributed by atoms with E-state index in [-0.39, 0.29) is 4.90 Å². The zero-order chi connectivity index (χ0) is 14.0. The Morgan fingerprint density at radius 3 is 2.79 bits per heavy atom. The number of aromatic nitrogens is 4. The fraction of sp³-hybridized carbons (Fsp3) is 0.455. The maximum Gasteiger partial charge on any atom is 0.241 e. The van der Waals surface area contributed by atoms with Crippen molar-refractivity contribution < 1.29 is 8.42 Å². The molecule has 0 aliphatic carbocycles. The van der Waals surface area contributed by atoms with Crippen molar-refractivity contribution in [2.75, 3.05) is 0 Å². The van der Waals surface area contributed by atoms with Crippen molar-refractivity contribution in [3.63, 3.8) is 0 Å². The molecule has 0 aliphatic rings. The lowest BCUT2D eigenvalue weighted by Gasteiger charge is -2.08. The largest absolute Gasteiger partial charge is 0.270 e. The predicted molar refractivity (Wildman–Crippen MR) is 69.9 cm³/mol. The van der Waals surface area contributed by atoms with Crippen LogP contribution in [-0.4, -0.2) is 28.0 Å². The van der Waals surface area contributed by atoms with E-state index in [1.165, 1.54) is 17.1 Å². The van der Waals surface area contributed by atoms with Gasteiger partial charge in [-0.1, -0.05) is 6.92 Å². The Morgan fingerprint density at radius 1 is 1.47 bits per heavy atom. The van der Waals surface area contributed by atoms with E-state index in [0.29, 0.717) is 12.6 Å². The monoisotopic (exact) mass is 283 g/mol. The van der Waals surface area contributed by atoms with Crippen molar-refractivity contribution in [1.29, 1.82) is 0 Å². The Hall–Kier alpha value is -1.67. The molecule has 0 radical (unpaired) electrons. The van der Waals surface area contributed by atoms with Crippen molar-refractivity contribution in [1.82, 2.24) is 19.6 Å². The average molecular weight is 283 g/mol. The zero-order valence-corrected chi connectivity index (χ0v) is 11.7. The van der Waals surface area contributed by atoms with Gasteiger partial charge in [-0.2, -0.15) is 10.2 Å². The third-order valence-electron chi connectivity index (χ3n) is 2.97. The summed E-state index contributed by atoms with van der Waals surface area (Å²) in [5, 5.41) is 13.4. The van der Waals surface area contributed by atoms with Crippen LogP contribution in [0.15, 0.2) is 29.6 Å². The summed E-state index contributed by atoms with van der Waals surface area (Å²) in [5.41, 5.74) is 0.823. The first-order valence-corrected chi connectivity index (χ1v) is 7.54. The summed E-state index contributed by atoms with van der Waals surface area (Å²) in [6, 6.07) is 2.23. The van der Waals surface area contributed by atoms with E-state index in [2.05, 4.69) is 24.0 Å². The van der Waals surface area contributed by atoms with Crippen molar-refractivity contribution in [3.8, 4) is 0 Å². The lowest BCUT2D eigenvalue weighted by molar-refractivity contribution is 0.471. The number of nitrogens with zero attached hydrogens (tertiary/aromatic N) is 4. The van der Waals surface area contributed by atoms with Crippen LogP contribution in [0.4, 0.5) is 0 Å². The summed E-state index contributed by atoms with van der Waals surface area (Å²) in [6.07, 6.45) is 5.55. The molecule has 8 heteroatoms. The molecule has 104 valence electrons. The van der Waals surface area contributed by atoms with E-state index in [4.69, 9.17) is 5.14 Å². The molecule has 0 saturated heterocycles. The third-order valence-corrected chi connectivity index (χ3v) is 3.84. The van der Waals surface area contributed by atoms with Crippen molar-refractivity contribution in [2.24, 2.45) is 5.14 Å². The van der Waals surface area contributed by atoms with Gasteiger partial charge in [0.05, 0.1) is 18.4 Å². The molecule has 7 nitrogen and oxygen atoms in total. The second-order valence-electron chi connectivity index (χ2n) is 4.46. The highest BCUT2D eigenvalue weighted by Gasteiger charge is 2.11. The normalized spacial score (nSPS) is 13.6. The molecule has 2 heterocycles. The number of hydrogen-bond donors (Lipinski definition) is 1. The van der Waals surface area contributed by atoms with Crippen LogP contribution in [0.5, 0.6) is 0 Å². The Morgan fingerprint density at radius 2 is 2.21 bits per heavy atom. The highest BCUT2D eigenvalue weighted by atomic mass is 32.2. The summed E-state index contributed by atoms with van der Waals surface area (Å²) in [4.78, 5) is 0.00820. The molecule has 0 bridgehead atoms. The van der Waals surface area contributed by atoms with Crippen LogP contribution < -0.4 is 5.14 Å². The third kappa shape index (κ3) is 3.21. The minimum Gasteiger partial charge on any atom is -0.270 e. The molecule has 2 aromatic rings. The van der Waals surface area contributed by atoms with Crippen LogP contribution >= 0.6 is 0 Å². The van der Waals surface area contributed by atoms with Crippen LogP contribution in [0.2, 0.25) is 0 Å². The van der Waals surface area contributed by atoms with Crippen molar-refractivity contribution in [3.05, 3.63) is 30.4 Å². The summed E-state index contributed by atoms with van der Waals surface area (Å²) in [7, 11) is -3.70. The van der Waals surface area contributed by atoms with Crippen LogP contribution in [0.25, 0.3) is 0 Å². The molecule has 2 aromatic heterocycles. The SMILES string of the molecule is CCC(C)n1ccc(Cn2cc(S(N)(=O)=O)cn2)n1. The van der Waals surface area contributed by atoms with Gasteiger partial charge in [0, 0.05) is 18.4 Å². The van der Waals surface area contributed by atoms with Gasteiger partial charge in [-0.05, 0) is 19.4 Å². The molecule has 1 atom stereocenters. The fourth-order valence-electron chi connectivity index (χ4n) is 1.64. The number of nitrogens with two attached hydrogens (primary N) is 1. The minimum absolute atomic E-state index is 0.00820. The summed E-state index contributed by atoms with van der Waals surface area (Å²) >= 11 is 0. The first kappa shape index (κ1) is 13.8. The lowest BCUT2D eigenvalue weighted by atomic mass is 10.3. The average Bonchev–Trinajstić information content (AvgIpc) is 2.97. The molecule has 0 aromatic carbocycles. The Kier molecular flexibility index (Phi) is 3.72. The number of primary sulfonamides is 1. The molecule has 0 spiro atoms. The molecule has 0 fully saturated rings. The maximum absolute atomic E-state index is 11.1. The number of rotatable bonds is 5. The van der Waals surface area contributed by atoms with E-state index in [9.17, 15) is 8.42 Å². The molecule has 0 amide bonds. The summed E-state index contributed by atoms with van der Waals surface area (Å²) < 4.78 is 25.7. The van der Waals surface area contributed by atoms with E-state index in [1.807, 2.05) is 16.9 Å². The maximum atomic E-state index is 11.1. The molecular weight excluding hydrogens is 266 g/mol. The minimum atomic E-state index is -3.70. The van der Waals surface area contributed by atoms with Gasteiger partial charge >= 0.3 is 0 Å². The molecule has 0 saturated carbocycles. The highest BCUT2D eigenvalue weighted by Crippen LogP contribution is 2.10. The highest BCUT2D eigenvalue weighted by molar-refractivity contribution is 7.89. The van der Waals surface area contributed by atoms with Gasteiger partial charge in [0.2, 0.25) is 10.0 Å². The number of hydrogen-bond acceptors (Lipinski definition) is 4. The number of sulfonamides is 1. The Labute approximate surface area is 112 Å². The van der Waals surface area contributed by atoms with E-state index < -0.39 is 10.0 Å². The van der Waals surface area contributed by atoms with Gasteiger partial charge < -0.3 is 0 Å². The van der Waals surface area contributed by atoms with Crippen LogP contribution in [0.1, 0.15) is 32.0 Å². The van der Waals surface area contributed by atoms with Crippen LogP contribution in [0.3, 0.4) is 0 Å². The van der Waals surface area contributed by atoms with Crippen LogP contribution in [0, 0.1) is 0 Å². The summed E-state index contributed by atoms with van der Waals surface area (Å²) in [6.45, 7) is 4.60. The topological polar surface area (TPSA) is 95.8 Å². The fourth-order valence-corrected chi connectivity index (χ4v) is 2.10. The van der Waals surface area contributed by atoms with E-state index >= 15 is 0 Å². The van der Waals surface area contributed by atoms with Gasteiger partial charge in [-0.25, -0.2) is 13.6 Å². The van der Waals surface area contributed by atoms with Gasteiger partial charge in [0.25, 0.3) is 0 Å². The van der Waals surface area contributed by atoms with E-state index in [1.54, 1.807) is 0 Å². The quantitative estimate of drug-likeness (QED) is 0.875. The van der Waals surface area contributed by atoms with Crippen molar-refractivity contribution >= 4 is 10.0 Å². The summed E-state index contributed by atoms with van der Waals surface area (Å²) in [5.74, 6) is 0. The molecule has 19 heavy (non-hydrogen) atoms. The second kappa shape index (κ2) is 5.14. The first-order chi connectivity index (χ1) is 8.90. The van der Waals surface area contributed by atoms with Gasteiger partial charge in [-0.15, -0.1) is 0 Å². The van der Waals surface area contributed by atoms with Crippen LogP contribution in [-0.2, 0) is 16.6 Å². The molecule has 0 aliphatic heterocycles. The van der Waals surface area contributed by atoms with Crippen molar-refractivity contribution in [2.45, 2.75) is 37.8 Å². The molecular formula is C11H17N5O2S. The predicted octanol–water partition coefficient (Wildman–Crippen LogP) is 0.746. The van der Waals surface area contributed by atoms with Gasteiger partial charge in [0.1, 0.15) is 4.90 Å². The van der Waals surface area contributed by atoms with E-state index in [0.717, 1.165) is 12.1 Å². The zero-order valence-electron chi connectivity index (χ0n) is 10.9. The van der Waals surface area contributed by atoms with Gasteiger partial charge in [-0.3, -0.25) is 9.36 Å². The Bertz CT molecular complexity index is 658. The lowest BCUT2D eigenvalue weighted by Crippen LogP contribution is -2.11. The molecule has 1 unspecified atom stereocenters. The smallest absolute Gasteiger partial charge is 0.241 e. The first-order valence-electron chi connectivity index (χ1n) is 5.99. The molecule has 2 N–H and O–H groups in total. The standard InChI is InChI=1S/C11H17N5O2S/c1-3-9(2)16-5-4-10(14-16)7-15-8-11(6-13-15)19(12,17)18/h4-6,8-9H,3,7H2,1-2H3,(H2,12,17,18). The molecule has 2 rings (SSSR count). The van der Waals surface area contributed by atoms with Gasteiger partial charge in [0.15, 0.2) is 0 Å². The Balaban J connectivity index is 2.13.